The van der Waals surface area contributed by atoms with Crippen molar-refractivity contribution in [3.8, 4) is 0 Å². The van der Waals surface area contributed by atoms with Crippen molar-refractivity contribution in [2.24, 2.45) is 10.9 Å². The summed E-state index contributed by atoms with van der Waals surface area (Å²) in [6, 6.07) is 5.43. The van der Waals surface area contributed by atoms with Crippen molar-refractivity contribution in [1.29, 1.82) is 0 Å². The predicted molar refractivity (Wildman–Crippen MR) is 68.3 cm³/mol. The van der Waals surface area contributed by atoms with Gasteiger partial charge in [-0.3, -0.25) is 4.98 Å². The van der Waals surface area contributed by atoms with Crippen LogP contribution in [0.4, 0.5) is 0 Å². The number of rotatable bonds is 4. The highest BCUT2D eigenvalue weighted by atomic mass is 32.2. The van der Waals surface area contributed by atoms with Gasteiger partial charge in [-0.2, -0.15) is 0 Å². The number of amidine groups is 1. The molecule has 0 unspecified atom stereocenters. The lowest BCUT2D eigenvalue weighted by molar-refractivity contribution is 0.318. The highest BCUT2D eigenvalue weighted by Crippen LogP contribution is 2.19. The molecule has 0 amide bonds. The fraction of sp³-hybridized carbons (Fsp3) is 0.0909. The molecule has 6 nitrogen and oxygen atoms in total. The van der Waals surface area contributed by atoms with Crippen molar-refractivity contribution >= 4 is 17.6 Å². The van der Waals surface area contributed by atoms with Crippen LogP contribution in [0.5, 0.6) is 0 Å². The van der Waals surface area contributed by atoms with Crippen LogP contribution in [0, 0.1) is 0 Å². The Morgan fingerprint density at radius 2 is 1.94 bits per heavy atom. The standard InChI is InChI=1S/C11H11N5OS/c12-10(16-17)9-8(3-1-4-13-9)7-18-11-14-5-2-6-15-11/h1-6,17H,7H2,(H2,12,16). The van der Waals surface area contributed by atoms with Gasteiger partial charge in [0.05, 0.1) is 0 Å². The predicted octanol–water partition coefficient (Wildman–Crippen LogP) is 1.26. The van der Waals surface area contributed by atoms with E-state index in [1.165, 1.54) is 11.8 Å². The van der Waals surface area contributed by atoms with Gasteiger partial charge in [0.15, 0.2) is 11.0 Å². The number of nitrogens with zero attached hydrogens (tertiary/aromatic N) is 4. The van der Waals surface area contributed by atoms with Crippen molar-refractivity contribution in [3.63, 3.8) is 0 Å². The Kier molecular flexibility index (Phi) is 4.08. The molecular formula is C11H11N5OS. The molecule has 18 heavy (non-hydrogen) atoms. The van der Waals surface area contributed by atoms with Crippen LogP contribution in [0.1, 0.15) is 11.3 Å². The Labute approximate surface area is 108 Å². The van der Waals surface area contributed by atoms with Gasteiger partial charge in [0.1, 0.15) is 5.69 Å². The summed E-state index contributed by atoms with van der Waals surface area (Å²) in [6.45, 7) is 0. The summed E-state index contributed by atoms with van der Waals surface area (Å²) < 4.78 is 0. The zero-order chi connectivity index (χ0) is 12.8. The molecule has 0 saturated carbocycles. The number of hydrogen-bond donors (Lipinski definition) is 2. The van der Waals surface area contributed by atoms with Crippen molar-refractivity contribution in [1.82, 2.24) is 15.0 Å². The quantitative estimate of drug-likeness (QED) is 0.215. The molecule has 0 atom stereocenters. The van der Waals surface area contributed by atoms with E-state index < -0.39 is 0 Å². The summed E-state index contributed by atoms with van der Waals surface area (Å²) in [4.78, 5) is 12.3. The van der Waals surface area contributed by atoms with Gasteiger partial charge in [-0.05, 0) is 17.7 Å². The SMILES string of the molecule is NC(=NO)c1ncccc1CSc1ncccn1. The van der Waals surface area contributed by atoms with Crippen molar-refractivity contribution in [3.05, 3.63) is 48.0 Å². The molecule has 0 spiro atoms. The van der Waals surface area contributed by atoms with Crippen molar-refractivity contribution < 1.29 is 5.21 Å². The minimum atomic E-state index is 0.000167. The molecule has 0 aromatic carbocycles. The highest BCUT2D eigenvalue weighted by molar-refractivity contribution is 7.98. The molecule has 7 heteroatoms. The smallest absolute Gasteiger partial charge is 0.189 e. The van der Waals surface area contributed by atoms with Gasteiger partial charge in [0.2, 0.25) is 0 Å². The summed E-state index contributed by atoms with van der Waals surface area (Å²) in [7, 11) is 0. The van der Waals surface area contributed by atoms with Crippen LogP contribution in [-0.2, 0) is 5.75 Å². The largest absolute Gasteiger partial charge is 0.409 e. The zero-order valence-electron chi connectivity index (χ0n) is 9.39. The number of thioether (sulfide) groups is 1. The van der Waals surface area contributed by atoms with Crippen molar-refractivity contribution in [2.45, 2.75) is 10.9 Å². The van der Waals surface area contributed by atoms with E-state index >= 15 is 0 Å². The Balaban J connectivity index is 2.15. The number of pyridine rings is 1. The monoisotopic (exact) mass is 261 g/mol. The first kappa shape index (κ1) is 12.3. The Morgan fingerprint density at radius 1 is 1.22 bits per heavy atom. The summed E-state index contributed by atoms with van der Waals surface area (Å²) in [5.74, 6) is 0.601. The van der Waals surface area contributed by atoms with Gasteiger partial charge >= 0.3 is 0 Å². The van der Waals surface area contributed by atoms with Gasteiger partial charge in [-0.1, -0.05) is 23.0 Å². The molecule has 0 aliphatic rings. The second kappa shape index (κ2) is 5.97. The number of oxime groups is 1. The van der Waals surface area contributed by atoms with Crippen LogP contribution in [-0.4, -0.2) is 26.0 Å². The summed E-state index contributed by atoms with van der Waals surface area (Å²) >= 11 is 1.46. The Bertz CT molecular complexity index is 546. The van der Waals surface area contributed by atoms with Gasteiger partial charge in [0, 0.05) is 24.3 Å². The maximum atomic E-state index is 8.69. The van der Waals surface area contributed by atoms with E-state index in [1.807, 2.05) is 6.07 Å². The third-order valence-electron chi connectivity index (χ3n) is 2.14. The van der Waals surface area contributed by atoms with Gasteiger partial charge in [-0.15, -0.1) is 0 Å². The summed E-state index contributed by atoms with van der Waals surface area (Å²) in [6.07, 6.45) is 4.96. The Hall–Kier alpha value is -2.15. The number of hydrogen-bond acceptors (Lipinski definition) is 6. The molecule has 0 radical (unpaired) electrons. The normalized spacial score (nSPS) is 11.4. The minimum absolute atomic E-state index is 0.000167. The van der Waals surface area contributed by atoms with Gasteiger partial charge in [-0.25, -0.2) is 9.97 Å². The van der Waals surface area contributed by atoms with E-state index in [0.29, 0.717) is 16.6 Å². The van der Waals surface area contributed by atoms with Crippen LogP contribution in [0.3, 0.4) is 0 Å². The second-order valence-electron chi connectivity index (χ2n) is 3.32. The molecule has 0 aliphatic carbocycles. The van der Waals surface area contributed by atoms with Crippen LogP contribution in [0.2, 0.25) is 0 Å². The first-order valence-electron chi connectivity index (χ1n) is 5.13. The maximum absolute atomic E-state index is 8.69. The lowest BCUT2D eigenvalue weighted by Crippen LogP contribution is -2.17. The lowest BCUT2D eigenvalue weighted by Gasteiger charge is -2.05. The Morgan fingerprint density at radius 3 is 2.67 bits per heavy atom. The average molecular weight is 261 g/mol. The highest BCUT2D eigenvalue weighted by Gasteiger charge is 2.08. The molecule has 2 aromatic rings. The molecule has 3 N–H and O–H groups in total. The molecular weight excluding hydrogens is 250 g/mol. The summed E-state index contributed by atoms with van der Waals surface area (Å²) in [5, 5.41) is 12.3. The summed E-state index contributed by atoms with van der Waals surface area (Å²) in [5.41, 5.74) is 6.90. The molecule has 0 saturated heterocycles. The fourth-order valence-corrected chi connectivity index (χ4v) is 2.12. The van der Waals surface area contributed by atoms with Crippen LogP contribution in [0.15, 0.2) is 47.1 Å². The van der Waals surface area contributed by atoms with E-state index in [0.717, 1.165) is 5.56 Å². The zero-order valence-corrected chi connectivity index (χ0v) is 10.2. The van der Waals surface area contributed by atoms with E-state index in [1.54, 1.807) is 30.7 Å². The molecule has 2 aromatic heterocycles. The molecule has 2 rings (SSSR count). The number of nitrogens with two attached hydrogens (primary N) is 1. The van der Waals surface area contributed by atoms with E-state index in [-0.39, 0.29) is 5.84 Å². The third-order valence-corrected chi connectivity index (χ3v) is 3.06. The maximum Gasteiger partial charge on any atom is 0.189 e. The molecule has 0 fully saturated rings. The number of aromatic nitrogens is 3. The van der Waals surface area contributed by atoms with E-state index in [4.69, 9.17) is 10.9 Å². The topological polar surface area (TPSA) is 97.3 Å². The minimum Gasteiger partial charge on any atom is -0.409 e. The fourth-order valence-electron chi connectivity index (χ4n) is 1.34. The van der Waals surface area contributed by atoms with Crippen LogP contribution in [0.25, 0.3) is 0 Å². The molecule has 0 aliphatic heterocycles. The van der Waals surface area contributed by atoms with E-state index in [9.17, 15) is 0 Å². The molecule has 0 bridgehead atoms. The van der Waals surface area contributed by atoms with E-state index in [2.05, 4.69) is 20.1 Å². The van der Waals surface area contributed by atoms with Crippen LogP contribution < -0.4 is 5.73 Å². The first-order chi connectivity index (χ1) is 8.81. The van der Waals surface area contributed by atoms with Gasteiger partial charge in [0.25, 0.3) is 0 Å². The first-order valence-corrected chi connectivity index (χ1v) is 6.11. The third kappa shape index (κ3) is 2.95. The second-order valence-corrected chi connectivity index (χ2v) is 4.26. The molecule has 92 valence electrons. The van der Waals surface area contributed by atoms with Gasteiger partial charge < -0.3 is 10.9 Å². The van der Waals surface area contributed by atoms with Crippen LogP contribution >= 0.6 is 11.8 Å². The average Bonchev–Trinajstić information content (AvgIpc) is 2.45. The van der Waals surface area contributed by atoms with Crippen molar-refractivity contribution in [2.75, 3.05) is 0 Å². The lowest BCUT2D eigenvalue weighted by atomic mass is 10.2. The molecule has 2 heterocycles.